The van der Waals surface area contributed by atoms with E-state index in [1.165, 1.54) is 0 Å². The summed E-state index contributed by atoms with van der Waals surface area (Å²) in [5.74, 6) is 0.839. The third-order valence-electron chi connectivity index (χ3n) is 3.36. The molecule has 4 nitrogen and oxygen atoms in total. The summed E-state index contributed by atoms with van der Waals surface area (Å²) in [6.45, 7) is 8.48. The molecule has 1 heterocycles. The highest BCUT2D eigenvalue weighted by Gasteiger charge is 2.08. The fourth-order valence-corrected chi connectivity index (χ4v) is 2.15. The lowest BCUT2D eigenvalue weighted by atomic mass is 10.1. The molecule has 20 heavy (non-hydrogen) atoms. The number of aliphatic hydroxyl groups excluding tert-OH is 1. The molecule has 1 aromatic heterocycles. The Balaban J connectivity index is 2.09. The van der Waals surface area contributed by atoms with Gasteiger partial charge in [-0.3, -0.25) is 0 Å². The molecule has 0 aliphatic rings. The summed E-state index contributed by atoms with van der Waals surface area (Å²) in [4.78, 5) is 4.17. The third-order valence-corrected chi connectivity index (χ3v) is 3.36. The summed E-state index contributed by atoms with van der Waals surface area (Å²) in [7, 11) is 0. The van der Waals surface area contributed by atoms with Gasteiger partial charge >= 0.3 is 0 Å². The lowest BCUT2D eigenvalue weighted by Crippen LogP contribution is -2.07. The standard InChI is InChI=1S/C16H22N2O2/c1-11(2)18-10-17-8-15(18)9-20-16-6-5-14(13(4)19)7-12(16)3/h5-8,10-11,13,19H,9H2,1-4H3. The van der Waals surface area contributed by atoms with Gasteiger partial charge in [-0.25, -0.2) is 4.98 Å². The molecule has 0 bridgehead atoms. The van der Waals surface area contributed by atoms with Crippen LogP contribution in [0.3, 0.4) is 0 Å². The zero-order chi connectivity index (χ0) is 14.7. The van der Waals surface area contributed by atoms with E-state index >= 15 is 0 Å². The van der Waals surface area contributed by atoms with E-state index in [1.54, 1.807) is 6.92 Å². The molecule has 1 atom stereocenters. The van der Waals surface area contributed by atoms with E-state index in [9.17, 15) is 5.11 Å². The average molecular weight is 274 g/mol. The Labute approximate surface area is 120 Å². The number of ether oxygens (including phenoxy) is 1. The van der Waals surface area contributed by atoms with Crippen molar-refractivity contribution >= 4 is 0 Å². The van der Waals surface area contributed by atoms with Gasteiger partial charge in [-0.05, 0) is 51.0 Å². The number of imidazole rings is 1. The summed E-state index contributed by atoms with van der Waals surface area (Å²) in [5.41, 5.74) is 2.99. The lowest BCUT2D eigenvalue weighted by Gasteiger charge is -2.14. The van der Waals surface area contributed by atoms with E-state index in [2.05, 4.69) is 23.4 Å². The van der Waals surface area contributed by atoms with E-state index in [-0.39, 0.29) is 0 Å². The molecule has 1 aromatic carbocycles. The molecule has 0 saturated carbocycles. The van der Waals surface area contributed by atoms with Gasteiger partial charge in [0.15, 0.2) is 0 Å². The number of benzene rings is 1. The molecular formula is C16H22N2O2. The van der Waals surface area contributed by atoms with Gasteiger partial charge in [0.05, 0.1) is 24.3 Å². The Morgan fingerprint density at radius 1 is 1.30 bits per heavy atom. The van der Waals surface area contributed by atoms with Gasteiger partial charge in [-0.2, -0.15) is 0 Å². The zero-order valence-corrected chi connectivity index (χ0v) is 12.5. The van der Waals surface area contributed by atoms with Gasteiger partial charge in [0.1, 0.15) is 12.4 Å². The third kappa shape index (κ3) is 3.20. The molecule has 1 unspecified atom stereocenters. The molecule has 0 aliphatic carbocycles. The minimum absolute atomic E-state index is 0.370. The summed E-state index contributed by atoms with van der Waals surface area (Å²) in [6.07, 6.45) is 3.21. The van der Waals surface area contributed by atoms with E-state index in [0.717, 1.165) is 22.6 Å². The lowest BCUT2D eigenvalue weighted by molar-refractivity contribution is 0.199. The Bertz CT molecular complexity index is 574. The number of hydrogen-bond acceptors (Lipinski definition) is 3. The molecule has 108 valence electrons. The Morgan fingerprint density at radius 2 is 2.05 bits per heavy atom. The second-order valence-electron chi connectivity index (χ2n) is 5.38. The summed E-state index contributed by atoms with van der Waals surface area (Å²) in [5, 5.41) is 9.56. The summed E-state index contributed by atoms with van der Waals surface area (Å²) < 4.78 is 7.96. The van der Waals surface area contributed by atoms with Crippen LogP contribution in [0, 0.1) is 6.92 Å². The van der Waals surface area contributed by atoms with Crippen molar-refractivity contribution in [3.8, 4) is 5.75 Å². The molecule has 2 aromatic rings. The number of rotatable bonds is 5. The smallest absolute Gasteiger partial charge is 0.130 e. The SMILES string of the molecule is Cc1cc(C(C)O)ccc1OCc1cncn1C(C)C. The van der Waals surface area contributed by atoms with Gasteiger partial charge in [0.2, 0.25) is 0 Å². The van der Waals surface area contributed by atoms with Crippen LogP contribution in [0.1, 0.15) is 49.7 Å². The van der Waals surface area contributed by atoms with Gasteiger partial charge in [-0.15, -0.1) is 0 Å². The van der Waals surface area contributed by atoms with Crippen LogP contribution in [0.4, 0.5) is 0 Å². The fourth-order valence-electron chi connectivity index (χ4n) is 2.15. The largest absolute Gasteiger partial charge is 0.487 e. The van der Waals surface area contributed by atoms with E-state index in [0.29, 0.717) is 12.6 Å². The molecule has 2 rings (SSSR count). The maximum absolute atomic E-state index is 9.56. The summed E-state index contributed by atoms with van der Waals surface area (Å²) >= 11 is 0. The molecular weight excluding hydrogens is 252 g/mol. The molecule has 0 aliphatic heterocycles. The van der Waals surface area contributed by atoms with Crippen molar-refractivity contribution < 1.29 is 9.84 Å². The van der Waals surface area contributed by atoms with Crippen LogP contribution in [0.25, 0.3) is 0 Å². The first kappa shape index (κ1) is 14.6. The highest BCUT2D eigenvalue weighted by molar-refractivity contribution is 5.37. The first-order valence-electron chi connectivity index (χ1n) is 6.91. The van der Waals surface area contributed by atoms with Crippen molar-refractivity contribution in [1.29, 1.82) is 0 Å². The van der Waals surface area contributed by atoms with E-state index in [4.69, 9.17) is 4.74 Å². The number of aryl methyl sites for hydroxylation is 1. The Morgan fingerprint density at radius 3 is 2.65 bits per heavy atom. The van der Waals surface area contributed by atoms with Gasteiger partial charge in [-0.1, -0.05) is 6.07 Å². The van der Waals surface area contributed by atoms with Crippen LogP contribution in [0.2, 0.25) is 0 Å². The van der Waals surface area contributed by atoms with Crippen LogP contribution in [0.15, 0.2) is 30.7 Å². The predicted molar refractivity (Wildman–Crippen MR) is 78.8 cm³/mol. The van der Waals surface area contributed by atoms with Crippen molar-refractivity contribution in [3.63, 3.8) is 0 Å². The van der Waals surface area contributed by atoms with Crippen LogP contribution >= 0.6 is 0 Å². The number of nitrogens with zero attached hydrogens (tertiary/aromatic N) is 2. The first-order chi connectivity index (χ1) is 9.49. The van der Waals surface area contributed by atoms with E-state index in [1.807, 2.05) is 37.6 Å². The first-order valence-corrected chi connectivity index (χ1v) is 6.91. The van der Waals surface area contributed by atoms with Crippen molar-refractivity contribution in [3.05, 3.63) is 47.5 Å². The van der Waals surface area contributed by atoms with Crippen molar-refractivity contribution in [2.24, 2.45) is 0 Å². The molecule has 1 N–H and O–H groups in total. The van der Waals surface area contributed by atoms with Gasteiger partial charge in [0, 0.05) is 6.04 Å². The van der Waals surface area contributed by atoms with Gasteiger partial charge < -0.3 is 14.4 Å². The number of hydrogen-bond donors (Lipinski definition) is 1. The Kier molecular flexibility index (Phi) is 4.45. The topological polar surface area (TPSA) is 47.3 Å². The van der Waals surface area contributed by atoms with Crippen LogP contribution in [-0.4, -0.2) is 14.7 Å². The fraction of sp³-hybridized carbons (Fsp3) is 0.438. The van der Waals surface area contributed by atoms with Crippen LogP contribution in [-0.2, 0) is 6.61 Å². The average Bonchev–Trinajstić information content (AvgIpc) is 2.85. The Hall–Kier alpha value is -1.81. The highest BCUT2D eigenvalue weighted by atomic mass is 16.5. The summed E-state index contributed by atoms with van der Waals surface area (Å²) in [6, 6.07) is 6.13. The number of aromatic nitrogens is 2. The maximum Gasteiger partial charge on any atom is 0.130 e. The monoisotopic (exact) mass is 274 g/mol. The van der Waals surface area contributed by atoms with Crippen LogP contribution in [0.5, 0.6) is 5.75 Å². The minimum Gasteiger partial charge on any atom is -0.487 e. The molecule has 0 spiro atoms. The highest BCUT2D eigenvalue weighted by Crippen LogP contribution is 2.23. The second kappa shape index (κ2) is 6.09. The van der Waals surface area contributed by atoms with Crippen LogP contribution < -0.4 is 4.74 Å². The quantitative estimate of drug-likeness (QED) is 0.909. The molecule has 4 heteroatoms. The predicted octanol–water partition coefficient (Wildman–Crippen LogP) is 3.40. The zero-order valence-electron chi connectivity index (χ0n) is 12.5. The molecule has 0 fully saturated rings. The second-order valence-corrected chi connectivity index (χ2v) is 5.38. The normalized spacial score (nSPS) is 12.7. The maximum atomic E-state index is 9.56. The number of aliphatic hydroxyl groups is 1. The molecule has 0 amide bonds. The van der Waals surface area contributed by atoms with Crippen molar-refractivity contribution in [1.82, 2.24) is 9.55 Å². The van der Waals surface area contributed by atoms with Crippen molar-refractivity contribution in [2.75, 3.05) is 0 Å². The molecule has 0 radical (unpaired) electrons. The van der Waals surface area contributed by atoms with Crippen molar-refractivity contribution in [2.45, 2.75) is 46.4 Å². The molecule has 0 saturated heterocycles. The van der Waals surface area contributed by atoms with E-state index < -0.39 is 6.10 Å². The van der Waals surface area contributed by atoms with Gasteiger partial charge in [0.25, 0.3) is 0 Å². The minimum atomic E-state index is -0.454.